The molecule has 0 aliphatic carbocycles. The van der Waals surface area contributed by atoms with Crippen molar-refractivity contribution in [3.63, 3.8) is 0 Å². The predicted molar refractivity (Wildman–Crippen MR) is 136 cm³/mol. The van der Waals surface area contributed by atoms with Crippen LogP contribution in [0.4, 0.5) is 0 Å². The predicted octanol–water partition coefficient (Wildman–Crippen LogP) is 2.58. The standard InChI is InChI=1S/C23H37N5O2.HI/c1-18-8-7-9-21(16-18)30-19(2)17-25-23(24-4)28-14-12-26(13-15-28)20(3)22(29)27-10-5-6-11-27;/h7-9,16,19-20H,5-6,10-15,17H2,1-4H3,(H,24,25);1H. The molecule has 2 heterocycles. The second-order valence-corrected chi connectivity index (χ2v) is 8.40. The third kappa shape index (κ3) is 7.24. The van der Waals surface area contributed by atoms with E-state index in [1.54, 1.807) is 0 Å². The molecule has 1 amide bonds. The summed E-state index contributed by atoms with van der Waals surface area (Å²) in [5.74, 6) is 2.07. The van der Waals surface area contributed by atoms with E-state index in [2.05, 4.69) is 46.1 Å². The molecule has 2 atom stereocenters. The van der Waals surface area contributed by atoms with Crippen molar-refractivity contribution in [2.75, 3.05) is 52.9 Å². The Morgan fingerprint density at radius 2 is 1.77 bits per heavy atom. The van der Waals surface area contributed by atoms with Gasteiger partial charge in [-0.25, -0.2) is 0 Å². The van der Waals surface area contributed by atoms with Gasteiger partial charge in [0.1, 0.15) is 11.9 Å². The normalized spacial score (nSPS) is 19.5. The second-order valence-electron chi connectivity index (χ2n) is 8.40. The minimum atomic E-state index is -0.0389. The number of rotatable bonds is 6. The van der Waals surface area contributed by atoms with E-state index in [0.717, 1.165) is 63.8 Å². The number of likely N-dealkylation sites (tertiary alicyclic amines) is 1. The van der Waals surface area contributed by atoms with E-state index in [4.69, 9.17) is 4.74 Å². The molecule has 8 heteroatoms. The van der Waals surface area contributed by atoms with Crippen molar-refractivity contribution in [3.05, 3.63) is 29.8 Å². The van der Waals surface area contributed by atoms with Crippen molar-refractivity contribution in [2.45, 2.75) is 45.8 Å². The number of hydrogen-bond acceptors (Lipinski definition) is 4. The number of halogens is 1. The maximum atomic E-state index is 12.7. The highest BCUT2D eigenvalue weighted by atomic mass is 127. The van der Waals surface area contributed by atoms with Gasteiger partial charge in [0.25, 0.3) is 0 Å². The van der Waals surface area contributed by atoms with E-state index < -0.39 is 0 Å². The smallest absolute Gasteiger partial charge is 0.239 e. The molecule has 2 aliphatic rings. The van der Waals surface area contributed by atoms with E-state index in [1.165, 1.54) is 5.56 Å². The van der Waals surface area contributed by atoms with Gasteiger partial charge in [-0.05, 0) is 51.3 Å². The van der Waals surface area contributed by atoms with Crippen LogP contribution >= 0.6 is 24.0 Å². The highest BCUT2D eigenvalue weighted by Crippen LogP contribution is 2.15. The molecule has 7 nitrogen and oxygen atoms in total. The summed E-state index contributed by atoms with van der Waals surface area (Å²) in [6, 6.07) is 8.08. The topological polar surface area (TPSA) is 60.4 Å². The maximum Gasteiger partial charge on any atom is 0.239 e. The molecule has 3 rings (SSSR count). The van der Waals surface area contributed by atoms with Gasteiger partial charge in [-0.3, -0.25) is 14.7 Å². The fraction of sp³-hybridized carbons (Fsp3) is 0.652. The van der Waals surface area contributed by atoms with E-state index in [9.17, 15) is 4.79 Å². The van der Waals surface area contributed by atoms with Gasteiger partial charge in [-0.2, -0.15) is 0 Å². The Kier molecular flexibility index (Phi) is 10.3. The molecule has 2 aliphatic heterocycles. The summed E-state index contributed by atoms with van der Waals surface area (Å²) >= 11 is 0. The Bertz CT molecular complexity index is 730. The number of hydrogen-bond donors (Lipinski definition) is 1. The first kappa shape index (κ1) is 25.7. The molecule has 31 heavy (non-hydrogen) atoms. The molecular weight excluding hydrogens is 505 g/mol. The first-order valence-electron chi connectivity index (χ1n) is 11.2. The fourth-order valence-electron chi connectivity index (χ4n) is 4.21. The van der Waals surface area contributed by atoms with Crippen LogP contribution < -0.4 is 10.1 Å². The first-order valence-corrected chi connectivity index (χ1v) is 11.2. The Hall–Kier alpha value is -1.55. The molecule has 1 aromatic rings. The molecule has 2 saturated heterocycles. The van der Waals surface area contributed by atoms with Gasteiger partial charge < -0.3 is 19.9 Å². The Labute approximate surface area is 204 Å². The average molecular weight is 543 g/mol. The molecule has 1 aromatic carbocycles. The summed E-state index contributed by atoms with van der Waals surface area (Å²) in [5.41, 5.74) is 1.19. The number of guanidine groups is 1. The Balaban J connectivity index is 0.00000341. The summed E-state index contributed by atoms with van der Waals surface area (Å²) in [6.45, 7) is 12.2. The van der Waals surface area contributed by atoms with Crippen LogP contribution in [0.15, 0.2) is 29.3 Å². The number of nitrogens with zero attached hydrogens (tertiary/aromatic N) is 4. The van der Waals surface area contributed by atoms with Crippen LogP contribution in [0.1, 0.15) is 32.3 Å². The lowest BCUT2D eigenvalue weighted by molar-refractivity contribution is -0.135. The first-order chi connectivity index (χ1) is 14.5. The molecule has 0 aromatic heterocycles. The molecule has 0 spiro atoms. The van der Waals surface area contributed by atoms with Gasteiger partial charge in [-0.1, -0.05) is 12.1 Å². The van der Waals surface area contributed by atoms with Crippen LogP contribution in [-0.2, 0) is 4.79 Å². The van der Waals surface area contributed by atoms with Crippen molar-refractivity contribution in [3.8, 4) is 5.75 Å². The lowest BCUT2D eigenvalue weighted by Crippen LogP contribution is -2.57. The maximum absolute atomic E-state index is 12.7. The SMILES string of the molecule is CN=C(NCC(C)Oc1cccc(C)c1)N1CCN(C(C)C(=O)N2CCCC2)CC1.I. The minimum Gasteiger partial charge on any atom is -0.489 e. The average Bonchev–Trinajstić information content (AvgIpc) is 3.28. The Morgan fingerprint density at radius 1 is 1.10 bits per heavy atom. The van der Waals surface area contributed by atoms with Crippen LogP contribution in [0.25, 0.3) is 0 Å². The molecule has 0 saturated carbocycles. The molecule has 2 fully saturated rings. The van der Waals surface area contributed by atoms with Gasteiger partial charge in [0.15, 0.2) is 5.96 Å². The minimum absolute atomic E-state index is 0. The monoisotopic (exact) mass is 543 g/mol. The van der Waals surface area contributed by atoms with Crippen LogP contribution in [0.5, 0.6) is 5.75 Å². The molecule has 174 valence electrons. The number of piperazine rings is 1. The number of carbonyl (C=O) groups is 1. The van der Waals surface area contributed by atoms with E-state index >= 15 is 0 Å². The highest BCUT2D eigenvalue weighted by molar-refractivity contribution is 14.0. The fourth-order valence-corrected chi connectivity index (χ4v) is 4.21. The van der Waals surface area contributed by atoms with Crippen LogP contribution in [0.3, 0.4) is 0 Å². The lowest BCUT2D eigenvalue weighted by Gasteiger charge is -2.39. The van der Waals surface area contributed by atoms with Crippen LogP contribution in [0, 0.1) is 6.92 Å². The zero-order valence-electron chi connectivity index (χ0n) is 19.3. The third-order valence-electron chi connectivity index (χ3n) is 6.02. The van der Waals surface area contributed by atoms with E-state index in [1.807, 2.05) is 31.0 Å². The van der Waals surface area contributed by atoms with Gasteiger partial charge in [0.05, 0.1) is 12.6 Å². The van der Waals surface area contributed by atoms with Crippen molar-refractivity contribution in [2.24, 2.45) is 4.99 Å². The number of ether oxygens (including phenoxy) is 1. The quantitative estimate of drug-likeness (QED) is 0.340. The number of nitrogens with one attached hydrogen (secondary N) is 1. The van der Waals surface area contributed by atoms with Gasteiger partial charge in [-0.15, -0.1) is 24.0 Å². The Morgan fingerprint density at radius 3 is 2.39 bits per heavy atom. The lowest BCUT2D eigenvalue weighted by atomic mass is 10.2. The van der Waals surface area contributed by atoms with E-state index in [0.29, 0.717) is 6.54 Å². The number of aryl methyl sites for hydroxylation is 1. The molecular formula is C23H38IN5O2. The molecule has 0 bridgehead atoms. The molecule has 2 unspecified atom stereocenters. The van der Waals surface area contributed by atoms with Crippen LogP contribution in [-0.4, -0.2) is 91.6 Å². The number of aliphatic imine (C=N–C) groups is 1. The van der Waals surface area contributed by atoms with Gasteiger partial charge >= 0.3 is 0 Å². The number of amides is 1. The van der Waals surface area contributed by atoms with Crippen LogP contribution in [0.2, 0.25) is 0 Å². The molecule has 0 radical (unpaired) electrons. The van der Waals surface area contributed by atoms with Crippen molar-refractivity contribution >= 4 is 35.8 Å². The second kappa shape index (κ2) is 12.5. The third-order valence-corrected chi connectivity index (χ3v) is 6.02. The van der Waals surface area contributed by atoms with Gasteiger partial charge in [0, 0.05) is 46.3 Å². The summed E-state index contributed by atoms with van der Waals surface area (Å²) in [5, 5.41) is 3.44. The summed E-state index contributed by atoms with van der Waals surface area (Å²) < 4.78 is 6.01. The zero-order chi connectivity index (χ0) is 21.5. The van der Waals surface area contributed by atoms with E-state index in [-0.39, 0.29) is 42.0 Å². The summed E-state index contributed by atoms with van der Waals surface area (Å²) in [7, 11) is 1.82. The summed E-state index contributed by atoms with van der Waals surface area (Å²) in [4.78, 5) is 23.7. The summed E-state index contributed by atoms with van der Waals surface area (Å²) in [6.07, 6.45) is 2.31. The largest absolute Gasteiger partial charge is 0.489 e. The highest BCUT2D eigenvalue weighted by Gasteiger charge is 2.30. The number of benzene rings is 1. The number of carbonyl (C=O) groups excluding carboxylic acids is 1. The van der Waals surface area contributed by atoms with Gasteiger partial charge in [0.2, 0.25) is 5.91 Å². The van der Waals surface area contributed by atoms with Crippen molar-refractivity contribution < 1.29 is 9.53 Å². The van der Waals surface area contributed by atoms with Crippen molar-refractivity contribution in [1.29, 1.82) is 0 Å². The van der Waals surface area contributed by atoms with Crippen molar-refractivity contribution in [1.82, 2.24) is 20.0 Å². The molecule has 1 N–H and O–H groups in total. The zero-order valence-corrected chi connectivity index (χ0v) is 21.7.